The Kier molecular flexibility index (Phi) is 6.39. The van der Waals surface area contributed by atoms with E-state index in [-0.39, 0.29) is 17.5 Å². The van der Waals surface area contributed by atoms with Gasteiger partial charge in [0.15, 0.2) is 11.8 Å². The molecular weight excluding hydrogens is 370 g/mol. The van der Waals surface area contributed by atoms with Crippen molar-refractivity contribution in [2.75, 3.05) is 6.54 Å². The fourth-order valence-corrected chi connectivity index (χ4v) is 3.13. The van der Waals surface area contributed by atoms with Gasteiger partial charge < -0.3 is 10.1 Å². The SMILES string of the molecule is CC[C@@H](CNC(=O)[C@@H](C)OC(=O)c1n[nH]c(=O)c2ccccc12)c1ccccc1. The number of benzene rings is 2. The highest BCUT2D eigenvalue weighted by Gasteiger charge is 2.22. The number of carbonyl (C=O) groups is 2. The number of ether oxygens (including phenoxy) is 1. The van der Waals surface area contributed by atoms with Crippen molar-refractivity contribution in [1.82, 2.24) is 15.5 Å². The molecule has 2 N–H and O–H groups in total. The molecule has 3 aromatic rings. The average Bonchev–Trinajstić information content (AvgIpc) is 2.75. The van der Waals surface area contributed by atoms with E-state index < -0.39 is 17.6 Å². The lowest BCUT2D eigenvalue weighted by Gasteiger charge is -2.18. The molecule has 1 aromatic heterocycles. The Morgan fingerprint density at radius 2 is 1.72 bits per heavy atom. The van der Waals surface area contributed by atoms with E-state index in [1.165, 1.54) is 6.92 Å². The fourth-order valence-electron chi connectivity index (χ4n) is 3.13. The van der Waals surface area contributed by atoms with Gasteiger partial charge >= 0.3 is 5.97 Å². The van der Waals surface area contributed by atoms with Crippen LogP contribution in [0.15, 0.2) is 59.4 Å². The molecule has 150 valence electrons. The van der Waals surface area contributed by atoms with Gasteiger partial charge in [-0.05, 0) is 25.0 Å². The zero-order chi connectivity index (χ0) is 20.8. The first-order chi connectivity index (χ1) is 14.0. The van der Waals surface area contributed by atoms with Crippen molar-refractivity contribution in [2.45, 2.75) is 32.3 Å². The van der Waals surface area contributed by atoms with E-state index in [1.54, 1.807) is 24.3 Å². The van der Waals surface area contributed by atoms with Gasteiger partial charge in [0.25, 0.3) is 11.5 Å². The molecule has 0 unspecified atom stereocenters. The van der Waals surface area contributed by atoms with Gasteiger partial charge in [-0.2, -0.15) is 5.10 Å². The van der Waals surface area contributed by atoms with Crippen LogP contribution in [0.1, 0.15) is 42.2 Å². The second-order valence-electron chi connectivity index (χ2n) is 6.76. The van der Waals surface area contributed by atoms with Gasteiger partial charge in [0.1, 0.15) is 0 Å². The van der Waals surface area contributed by atoms with Crippen molar-refractivity contribution in [3.05, 3.63) is 76.2 Å². The van der Waals surface area contributed by atoms with Crippen LogP contribution in [0.3, 0.4) is 0 Å². The molecule has 0 aliphatic carbocycles. The van der Waals surface area contributed by atoms with Crippen molar-refractivity contribution in [1.29, 1.82) is 0 Å². The smallest absolute Gasteiger partial charge is 0.360 e. The third kappa shape index (κ3) is 4.68. The molecule has 1 amide bonds. The zero-order valence-electron chi connectivity index (χ0n) is 16.3. The number of hydrogen-bond donors (Lipinski definition) is 2. The quantitative estimate of drug-likeness (QED) is 0.601. The predicted octanol–water partition coefficient (Wildman–Crippen LogP) is 2.78. The number of rotatable bonds is 7. The molecule has 1 heterocycles. The number of amides is 1. The molecule has 0 aliphatic heterocycles. The van der Waals surface area contributed by atoms with E-state index in [2.05, 4.69) is 22.4 Å². The molecule has 0 spiro atoms. The molecule has 0 bridgehead atoms. The normalized spacial score (nSPS) is 12.9. The van der Waals surface area contributed by atoms with Crippen LogP contribution in [-0.4, -0.2) is 34.7 Å². The Hall–Kier alpha value is -3.48. The monoisotopic (exact) mass is 393 g/mol. The van der Waals surface area contributed by atoms with Crippen LogP contribution in [0.25, 0.3) is 10.8 Å². The maximum atomic E-state index is 12.5. The molecule has 7 nitrogen and oxygen atoms in total. The first-order valence-corrected chi connectivity index (χ1v) is 9.52. The summed E-state index contributed by atoms with van der Waals surface area (Å²) < 4.78 is 5.28. The number of hydrogen-bond acceptors (Lipinski definition) is 5. The van der Waals surface area contributed by atoms with Crippen molar-refractivity contribution >= 4 is 22.6 Å². The summed E-state index contributed by atoms with van der Waals surface area (Å²) in [6.45, 7) is 4.01. The third-order valence-electron chi connectivity index (χ3n) is 4.83. The van der Waals surface area contributed by atoms with Crippen molar-refractivity contribution in [3.8, 4) is 0 Å². The van der Waals surface area contributed by atoms with Crippen LogP contribution in [0, 0.1) is 0 Å². The van der Waals surface area contributed by atoms with E-state index >= 15 is 0 Å². The maximum Gasteiger partial charge on any atom is 0.360 e. The number of nitrogens with zero attached hydrogens (tertiary/aromatic N) is 1. The summed E-state index contributed by atoms with van der Waals surface area (Å²) in [6.07, 6.45) is -0.130. The van der Waals surface area contributed by atoms with Crippen molar-refractivity contribution < 1.29 is 14.3 Å². The molecule has 0 radical (unpaired) electrons. The molecule has 0 fully saturated rings. The van der Waals surface area contributed by atoms with E-state index in [4.69, 9.17) is 4.74 Å². The minimum Gasteiger partial charge on any atom is -0.448 e. The molecule has 0 saturated carbocycles. The highest BCUT2D eigenvalue weighted by atomic mass is 16.5. The van der Waals surface area contributed by atoms with E-state index in [0.29, 0.717) is 17.3 Å². The summed E-state index contributed by atoms with van der Waals surface area (Å²) in [5, 5.41) is 9.64. The lowest BCUT2D eigenvalue weighted by atomic mass is 9.96. The minimum absolute atomic E-state index is 0.0319. The fraction of sp³-hybridized carbons (Fsp3) is 0.273. The summed E-state index contributed by atoms with van der Waals surface area (Å²) in [4.78, 5) is 36.8. The highest BCUT2D eigenvalue weighted by molar-refractivity contribution is 6.02. The zero-order valence-corrected chi connectivity index (χ0v) is 16.3. The van der Waals surface area contributed by atoms with E-state index in [9.17, 15) is 14.4 Å². The summed E-state index contributed by atoms with van der Waals surface area (Å²) >= 11 is 0. The second kappa shape index (κ2) is 9.14. The summed E-state index contributed by atoms with van der Waals surface area (Å²) in [5.41, 5.74) is 0.717. The molecule has 3 rings (SSSR count). The first-order valence-electron chi connectivity index (χ1n) is 9.52. The van der Waals surface area contributed by atoms with Crippen LogP contribution in [0.5, 0.6) is 0 Å². The number of aromatic amines is 1. The third-order valence-corrected chi connectivity index (χ3v) is 4.83. The van der Waals surface area contributed by atoms with Gasteiger partial charge in [-0.25, -0.2) is 9.89 Å². The molecule has 7 heteroatoms. The Labute approximate surface area is 168 Å². The number of fused-ring (bicyclic) bond motifs is 1. The average molecular weight is 393 g/mol. The lowest BCUT2D eigenvalue weighted by Crippen LogP contribution is -2.38. The molecule has 2 aromatic carbocycles. The van der Waals surface area contributed by atoms with Crippen LogP contribution in [0.2, 0.25) is 0 Å². The summed E-state index contributed by atoms with van der Waals surface area (Å²) in [5.74, 6) is -0.982. The maximum absolute atomic E-state index is 12.5. The van der Waals surface area contributed by atoms with Crippen LogP contribution in [-0.2, 0) is 9.53 Å². The summed E-state index contributed by atoms with van der Waals surface area (Å²) in [6, 6.07) is 16.5. The van der Waals surface area contributed by atoms with E-state index in [0.717, 1.165) is 12.0 Å². The van der Waals surface area contributed by atoms with Crippen LogP contribution >= 0.6 is 0 Å². The van der Waals surface area contributed by atoms with Crippen molar-refractivity contribution in [2.24, 2.45) is 0 Å². The van der Waals surface area contributed by atoms with Gasteiger partial charge in [0.2, 0.25) is 0 Å². The molecule has 0 aliphatic rings. The standard InChI is InChI=1S/C22H23N3O4/c1-3-15(16-9-5-4-6-10-16)13-23-20(26)14(2)29-22(28)19-17-11-7-8-12-18(17)21(27)25-24-19/h4-12,14-15H,3,13H2,1-2H3,(H,23,26)(H,25,27)/t14-,15+/m1/s1. The van der Waals surface area contributed by atoms with Crippen molar-refractivity contribution in [3.63, 3.8) is 0 Å². The van der Waals surface area contributed by atoms with Gasteiger partial charge in [-0.1, -0.05) is 55.5 Å². The Bertz CT molecular complexity index is 1060. The lowest BCUT2D eigenvalue weighted by molar-refractivity contribution is -0.129. The van der Waals surface area contributed by atoms with E-state index in [1.807, 2.05) is 30.3 Å². The Morgan fingerprint density at radius 3 is 2.41 bits per heavy atom. The van der Waals surface area contributed by atoms with Gasteiger partial charge in [-0.3, -0.25) is 9.59 Å². The molecule has 0 saturated heterocycles. The van der Waals surface area contributed by atoms with Crippen LogP contribution < -0.4 is 10.9 Å². The Balaban J connectivity index is 1.65. The number of nitrogens with one attached hydrogen (secondary N) is 2. The Morgan fingerprint density at radius 1 is 1.07 bits per heavy atom. The second-order valence-corrected chi connectivity index (χ2v) is 6.76. The number of H-pyrrole nitrogens is 1. The van der Waals surface area contributed by atoms with Gasteiger partial charge in [-0.15, -0.1) is 0 Å². The first kappa shape index (κ1) is 20.3. The molecule has 29 heavy (non-hydrogen) atoms. The predicted molar refractivity (Wildman–Crippen MR) is 110 cm³/mol. The summed E-state index contributed by atoms with van der Waals surface area (Å²) in [7, 11) is 0. The molecular formula is C22H23N3O4. The highest BCUT2D eigenvalue weighted by Crippen LogP contribution is 2.18. The number of carbonyl (C=O) groups excluding carboxylic acids is 2. The van der Waals surface area contributed by atoms with Gasteiger partial charge in [0.05, 0.1) is 5.39 Å². The topological polar surface area (TPSA) is 101 Å². The number of esters is 1. The molecule has 2 atom stereocenters. The van der Waals surface area contributed by atoms with Crippen LogP contribution in [0.4, 0.5) is 0 Å². The number of aromatic nitrogens is 2. The van der Waals surface area contributed by atoms with Gasteiger partial charge in [0, 0.05) is 17.8 Å². The minimum atomic E-state index is -0.997. The largest absolute Gasteiger partial charge is 0.448 e.